The van der Waals surface area contributed by atoms with Gasteiger partial charge in [-0.3, -0.25) is 4.79 Å². The van der Waals surface area contributed by atoms with Crippen LogP contribution in [0.2, 0.25) is 5.15 Å². The number of likely N-dealkylation sites (N-methyl/N-ethyl adjacent to an activating group) is 1. The Morgan fingerprint density at radius 1 is 1.06 bits per heavy atom. The molecule has 0 aliphatic carbocycles. The van der Waals surface area contributed by atoms with Crippen molar-refractivity contribution in [1.82, 2.24) is 20.2 Å². The van der Waals surface area contributed by atoms with Gasteiger partial charge in [0.15, 0.2) is 5.16 Å². The first-order valence-corrected chi connectivity index (χ1v) is 13.8. The van der Waals surface area contributed by atoms with Crippen LogP contribution in [0, 0.1) is 5.92 Å². The number of halogens is 1. The lowest BCUT2D eigenvalue weighted by molar-refractivity contribution is 0.0951. The first-order chi connectivity index (χ1) is 17.5. The summed E-state index contributed by atoms with van der Waals surface area (Å²) < 4.78 is 0. The minimum Gasteiger partial charge on any atom is -0.356 e. The normalized spacial score (nSPS) is 14.3. The van der Waals surface area contributed by atoms with E-state index in [0.717, 1.165) is 50.3 Å². The number of hydrogen-bond donors (Lipinski definition) is 1. The van der Waals surface area contributed by atoms with Gasteiger partial charge < -0.3 is 15.1 Å². The molecule has 4 rings (SSSR count). The van der Waals surface area contributed by atoms with Crippen LogP contribution >= 0.6 is 23.4 Å². The van der Waals surface area contributed by atoms with Gasteiger partial charge in [0.1, 0.15) is 11.0 Å². The Morgan fingerprint density at radius 2 is 1.81 bits per heavy atom. The van der Waals surface area contributed by atoms with Crippen molar-refractivity contribution in [3.05, 3.63) is 82.5 Å². The molecular weight excluding hydrogens is 490 g/mol. The van der Waals surface area contributed by atoms with Crippen LogP contribution in [0.1, 0.15) is 34.3 Å². The molecule has 1 saturated heterocycles. The predicted molar refractivity (Wildman–Crippen MR) is 149 cm³/mol. The minimum absolute atomic E-state index is 0.0549. The maximum absolute atomic E-state index is 12.5. The first-order valence-electron chi connectivity index (χ1n) is 12.4. The summed E-state index contributed by atoms with van der Waals surface area (Å²) in [5, 5.41) is 4.08. The summed E-state index contributed by atoms with van der Waals surface area (Å²) in [6.07, 6.45) is 3.41. The number of nitrogens with one attached hydrogen (secondary N) is 1. The number of hydrogen-bond acceptors (Lipinski definition) is 6. The van der Waals surface area contributed by atoms with Gasteiger partial charge in [0.25, 0.3) is 5.91 Å². The molecule has 8 heteroatoms. The molecule has 6 nitrogen and oxygen atoms in total. The van der Waals surface area contributed by atoms with Crippen LogP contribution in [0.3, 0.4) is 0 Å². The van der Waals surface area contributed by atoms with E-state index in [2.05, 4.69) is 45.5 Å². The quantitative estimate of drug-likeness (QED) is 0.225. The van der Waals surface area contributed by atoms with E-state index >= 15 is 0 Å². The predicted octanol–water partition coefficient (Wildman–Crippen LogP) is 5.17. The Balaban J connectivity index is 1.32. The van der Waals surface area contributed by atoms with Gasteiger partial charge in [0, 0.05) is 43.6 Å². The first kappa shape index (κ1) is 26.5. The fraction of sp³-hybridized carbons (Fsp3) is 0.393. The van der Waals surface area contributed by atoms with Crippen molar-refractivity contribution in [3.63, 3.8) is 0 Å². The molecule has 1 aliphatic rings. The van der Waals surface area contributed by atoms with E-state index in [1.165, 1.54) is 17.3 Å². The number of piperidine rings is 1. The summed E-state index contributed by atoms with van der Waals surface area (Å²) in [4.78, 5) is 26.1. The highest BCUT2D eigenvalue weighted by Gasteiger charge is 2.21. The van der Waals surface area contributed by atoms with Crippen molar-refractivity contribution < 1.29 is 4.79 Å². The average Bonchev–Trinajstić information content (AvgIpc) is 2.88. The standard InChI is InChI=1S/C28H34ClN5OS/c1-33(2)16-13-30-27(35)24-10-6-9-23(18-24)20-36-28-31-25(29)19-26(32-28)34-14-11-22(12-15-34)17-21-7-4-3-5-8-21/h3-10,18-19,22H,11-17,20H2,1-2H3,(H,30,35). The van der Waals surface area contributed by atoms with Crippen LogP contribution in [0.15, 0.2) is 65.8 Å². The van der Waals surface area contributed by atoms with Crippen LogP contribution in [-0.2, 0) is 12.2 Å². The van der Waals surface area contributed by atoms with E-state index in [1.807, 2.05) is 49.3 Å². The topological polar surface area (TPSA) is 61.4 Å². The van der Waals surface area contributed by atoms with Crippen molar-refractivity contribution in [2.45, 2.75) is 30.2 Å². The molecule has 1 amide bonds. The largest absolute Gasteiger partial charge is 0.356 e. The van der Waals surface area contributed by atoms with E-state index in [9.17, 15) is 4.79 Å². The highest BCUT2D eigenvalue weighted by Crippen LogP contribution is 2.28. The van der Waals surface area contributed by atoms with Crippen molar-refractivity contribution in [2.75, 3.05) is 45.2 Å². The zero-order valence-electron chi connectivity index (χ0n) is 21.0. The molecule has 1 N–H and O–H groups in total. The van der Waals surface area contributed by atoms with Crippen LogP contribution in [0.25, 0.3) is 0 Å². The van der Waals surface area contributed by atoms with Crippen molar-refractivity contribution in [3.8, 4) is 0 Å². The second-order valence-corrected chi connectivity index (χ2v) is 10.8. The fourth-order valence-corrected chi connectivity index (χ4v) is 5.39. The maximum Gasteiger partial charge on any atom is 0.251 e. The molecule has 1 aliphatic heterocycles. The molecule has 1 aromatic heterocycles. The van der Waals surface area contributed by atoms with Gasteiger partial charge >= 0.3 is 0 Å². The van der Waals surface area contributed by atoms with Crippen LogP contribution in [0.4, 0.5) is 5.82 Å². The number of carbonyl (C=O) groups is 1. The van der Waals surface area contributed by atoms with Gasteiger partial charge in [-0.1, -0.05) is 65.8 Å². The maximum atomic E-state index is 12.5. The van der Waals surface area contributed by atoms with E-state index in [4.69, 9.17) is 16.6 Å². The molecule has 0 bridgehead atoms. The van der Waals surface area contributed by atoms with Gasteiger partial charge in [-0.05, 0) is 62.5 Å². The van der Waals surface area contributed by atoms with E-state index in [-0.39, 0.29) is 5.91 Å². The van der Waals surface area contributed by atoms with E-state index in [0.29, 0.717) is 34.1 Å². The van der Waals surface area contributed by atoms with Gasteiger partial charge in [-0.2, -0.15) is 0 Å². The van der Waals surface area contributed by atoms with Gasteiger partial charge in [-0.25, -0.2) is 9.97 Å². The second kappa shape index (κ2) is 13.1. The lowest BCUT2D eigenvalue weighted by Gasteiger charge is -2.33. The van der Waals surface area contributed by atoms with Crippen LogP contribution in [-0.4, -0.2) is 61.0 Å². The molecule has 0 radical (unpaired) electrons. The average molecular weight is 524 g/mol. The second-order valence-electron chi connectivity index (χ2n) is 9.50. The third-order valence-electron chi connectivity index (χ3n) is 6.37. The number of anilines is 1. The molecule has 0 saturated carbocycles. The van der Waals surface area contributed by atoms with Crippen molar-refractivity contribution in [1.29, 1.82) is 0 Å². The number of carbonyl (C=O) groups excluding carboxylic acids is 1. The lowest BCUT2D eigenvalue weighted by atomic mass is 9.90. The van der Waals surface area contributed by atoms with E-state index in [1.54, 1.807) is 0 Å². The molecule has 0 unspecified atom stereocenters. The summed E-state index contributed by atoms with van der Waals surface area (Å²) in [6, 6.07) is 20.3. The third kappa shape index (κ3) is 7.95. The summed E-state index contributed by atoms with van der Waals surface area (Å²) in [7, 11) is 3.97. The zero-order valence-corrected chi connectivity index (χ0v) is 22.6. The Labute approximate surface area is 223 Å². The summed E-state index contributed by atoms with van der Waals surface area (Å²) in [5.41, 5.74) is 3.12. The number of rotatable bonds is 10. The van der Waals surface area contributed by atoms with Gasteiger partial charge in [0.05, 0.1) is 0 Å². The summed E-state index contributed by atoms with van der Waals surface area (Å²) in [6.45, 7) is 3.37. The molecule has 2 heterocycles. The smallest absolute Gasteiger partial charge is 0.251 e. The van der Waals surface area contributed by atoms with Crippen molar-refractivity contribution >= 4 is 35.1 Å². The molecule has 190 valence electrons. The minimum atomic E-state index is -0.0549. The Bertz CT molecular complexity index is 1140. The Morgan fingerprint density at radius 3 is 2.56 bits per heavy atom. The number of nitrogens with zero attached hydrogens (tertiary/aromatic N) is 4. The fourth-order valence-electron chi connectivity index (χ4n) is 4.37. The molecule has 3 aromatic rings. The number of thioether (sulfide) groups is 1. The number of benzene rings is 2. The molecule has 1 fully saturated rings. The Kier molecular flexibility index (Phi) is 9.61. The molecule has 2 aromatic carbocycles. The molecular formula is C28H34ClN5OS. The SMILES string of the molecule is CN(C)CCNC(=O)c1cccc(CSc2nc(Cl)cc(N3CCC(Cc4ccccc4)CC3)n2)c1. The summed E-state index contributed by atoms with van der Waals surface area (Å²) >= 11 is 7.92. The van der Waals surface area contributed by atoms with Gasteiger partial charge in [-0.15, -0.1) is 0 Å². The molecule has 0 spiro atoms. The third-order valence-corrected chi connectivity index (χ3v) is 7.48. The number of aromatic nitrogens is 2. The molecule has 36 heavy (non-hydrogen) atoms. The monoisotopic (exact) mass is 523 g/mol. The van der Waals surface area contributed by atoms with Crippen LogP contribution < -0.4 is 10.2 Å². The van der Waals surface area contributed by atoms with Crippen LogP contribution in [0.5, 0.6) is 0 Å². The highest BCUT2D eigenvalue weighted by atomic mass is 35.5. The van der Waals surface area contributed by atoms with Crippen molar-refractivity contribution in [2.24, 2.45) is 5.92 Å². The molecule has 0 atom stereocenters. The highest BCUT2D eigenvalue weighted by molar-refractivity contribution is 7.98. The lowest BCUT2D eigenvalue weighted by Crippen LogP contribution is -2.35. The Hall–Kier alpha value is -2.61. The van der Waals surface area contributed by atoms with Gasteiger partial charge in [0.2, 0.25) is 0 Å². The zero-order chi connectivity index (χ0) is 25.3. The number of amides is 1. The summed E-state index contributed by atoms with van der Waals surface area (Å²) in [5.74, 6) is 2.20. The van der Waals surface area contributed by atoms with E-state index < -0.39 is 0 Å².